The summed E-state index contributed by atoms with van der Waals surface area (Å²) in [5.41, 5.74) is 4.74. The van der Waals surface area contributed by atoms with Gasteiger partial charge < -0.3 is 19.7 Å². The highest BCUT2D eigenvalue weighted by molar-refractivity contribution is 5.85. The Morgan fingerprint density at radius 2 is 1.26 bits per heavy atom. The van der Waals surface area contributed by atoms with Gasteiger partial charge in [0.25, 0.3) is 0 Å². The Hall–Kier alpha value is -4.09. The lowest BCUT2D eigenvalue weighted by atomic mass is 9.73. The van der Waals surface area contributed by atoms with Crippen LogP contribution in [-0.4, -0.2) is 36.7 Å². The molecule has 0 aliphatic heterocycles. The second kappa shape index (κ2) is 13.9. The fraction of sp³-hybridized carbons (Fsp3) is 0.405. The molecule has 0 spiro atoms. The number of aliphatic hydroxyl groups is 1. The van der Waals surface area contributed by atoms with E-state index in [4.69, 9.17) is 14.5 Å². The van der Waals surface area contributed by atoms with Crippen molar-refractivity contribution in [2.45, 2.75) is 97.1 Å². The van der Waals surface area contributed by atoms with Crippen LogP contribution in [-0.2, 0) is 22.9 Å². The molecule has 4 aromatic rings. The van der Waals surface area contributed by atoms with Crippen molar-refractivity contribution in [3.05, 3.63) is 123 Å². The molecule has 0 fully saturated rings. The monoisotopic (exact) mass is 635 g/mol. The van der Waals surface area contributed by atoms with Crippen LogP contribution in [0.1, 0.15) is 106 Å². The van der Waals surface area contributed by atoms with E-state index in [0.29, 0.717) is 34.6 Å². The number of ether oxygens (including phenoxy) is 2. The van der Waals surface area contributed by atoms with Crippen LogP contribution in [0.4, 0.5) is 0 Å². The molecule has 0 saturated carbocycles. The van der Waals surface area contributed by atoms with Crippen molar-refractivity contribution in [1.82, 2.24) is 0 Å². The number of phenols is 1. The minimum absolute atomic E-state index is 0.134. The molecule has 1 atom stereocenters. The summed E-state index contributed by atoms with van der Waals surface area (Å²) >= 11 is 0. The average molecular weight is 636 g/mol. The summed E-state index contributed by atoms with van der Waals surface area (Å²) in [4.78, 5) is 5.19. The van der Waals surface area contributed by atoms with Gasteiger partial charge >= 0.3 is 0 Å². The van der Waals surface area contributed by atoms with Crippen molar-refractivity contribution in [2.24, 2.45) is 4.99 Å². The van der Waals surface area contributed by atoms with Gasteiger partial charge in [-0.3, -0.25) is 4.99 Å². The minimum Gasteiger partial charge on any atom is -0.507 e. The van der Waals surface area contributed by atoms with Gasteiger partial charge in [-0.2, -0.15) is 0 Å². The molecule has 250 valence electrons. The summed E-state index contributed by atoms with van der Waals surface area (Å²) in [7, 11) is 3.26. The standard InChI is InChI=1S/C42H53NO4/c1-27(2)38-28(3)17-18-30(39(38)44)26-43-37(23-29-15-13-12-14-16-29)42(45,33-24-31(40(4,5)6)19-21-35(33)46-10)34-25-32(41(7,8)9)20-22-36(34)47-11/h12-22,24-27,37,44-45H,23H2,1-11H3. The molecule has 0 aliphatic rings. The fourth-order valence-corrected chi connectivity index (χ4v) is 6.32. The normalized spacial score (nSPS) is 13.3. The maximum Gasteiger partial charge on any atom is 0.144 e. The van der Waals surface area contributed by atoms with Crippen LogP contribution < -0.4 is 9.47 Å². The first-order valence-corrected chi connectivity index (χ1v) is 16.5. The molecule has 4 aromatic carbocycles. The molecule has 0 saturated heterocycles. The van der Waals surface area contributed by atoms with Gasteiger partial charge in [0.2, 0.25) is 0 Å². The molecule has 5 heteroatoms. The first-order valence-electron chi connectivity index (χ1n) is 16.5. The van der Waals surface area contributed by atoms with Crippen molar-refractivity contribution < 1.29 is 19.7 Å². The Kier molecular flexibility index (Phi) is 10.6. The maximum absolute atomic E-state index is 13.7. The van der Waals surface area contributed by atoms with E-state index in [9.17, 15) is 10.2 Å². The lowest BCUT2D eigenvalue weighted by Gasteiger charge is -2.38. The van der Waals surface area contributed by atoms with Crippen molar-refractivity contribution in [1.29, 1.82) is 0 Å². The van der Waals surface area contributed by atoms with Gasteiger partial charge in [-0.15, -0.1) is 0 Å². The van der Waals surface area contributed by atoms with E-state index >= 15 is 0 Å². The third-order valence-electron chi connectivity index (χ3n) is 9.14. The highest BCUT2D eigenvalue weighted by Crippen LogP contribution is 2.47. The zero-order chi connectivity index (χ0) is 34.7. The van der Waals surface area contributed by atoms with E-state index in [-0.39, 0.29) is 22.5 Å². The quantitative estimate of drug-likeness (QED) is 0.170. The Balaban J connectivity index is 2.12. The van der Waals surface area contributed by atoms with E-state index in [2.05, 4.69) is 91.8 Å². The third-order valence-corrected chi connectivity index (χ3v) is 9.14. The largest absolute Gasteiger partial charge is 0.507 e. The molecule has 4 rings (SSSR count). The molecule has 0 radical (unpaired) electrons. The lowest BCUT2D eigenvalue weighted by Crippen LogP contribution is -2.42. The molecule has 0 heterocycles. The SMILES string of the molecule is COc1ccc(C(C)(C)C)cc1C(O)(c1cc(C(C)(C)C)ccc1OC)C(Cc1ccccc1)N=Cc1ccc(C)c(C(C)C)c1O. The van der Waals surface area contributed by atoms with Gasteiger partial charge in [-0.05, 0) is 82.7 Å². The lowest BCUT2D eigenvalue weighted by molar-refractivity contribution is 0.0475. The number of methoxy groups -OCH3 is 2. The van der Waals surface area contributed by atoms with Crippen LogP contribution in [0.15, 0.2) is 83.9 Å². The Labute approximate surface area is 282 Å². The third kappa shape index (κ3) is 7.57. The highest BCUT2D eigenvalue weighted by Gasteiger charge is 2.45. The molecule has 0 amide bonds. The number of nitrogens with zero attached hydrogens (tertiary/aromatic N) is 1. The van der Waals surface area contributed by atoms with E-state index in [1.165, 1.54) is 0 Å². The van der Waals surface area contributed by atoms with Crippen LogP contribution in [0.25, 0.3) is 0 Å². The molecular formula is C42H53NO4. The number of hydrogen-bond donors (Lipinski definition) is 2. The topological polar surface area (TPSA) is 71.3 Å². The van der Waals surface area contributed by atoms with Gasteiger partial charge in [-0.25, -0.2) is 0 Å². The highest BCUT2D eigenvalue weighted by atomic mass is 16.5. The van der Waals surface area contributed by atoms with Gasteiger partial charge in [0.1, 0.15) is 22.8 Å². The summed E-state index contributed by atoms with van der Waals surface area (Å²) in [6, 6.07) is 25.3. The number of phenolic OH excluding ortho intramolecular Hbond substituents is 1. The van der Waals surface area contributed by atoms with Crippen molar-refractivity contribution in [2.75, 3.05) is 14.2 Å². The summed E-state index contributed by atoms with van der Waals surface area (Å²) < 4.78 is 12.0. The molecule has 0 aromatic heterocycles. The molecule has 0 aliphatic carbocycles. The van der Waals surface area contributed by atoms with Gasteiger partial charge in [-0.1, -0.05) is 104 Å². The second-order valence-corrected chi connectivity index (χ2v) is 15.0. The van der Waals surface area contributed by atoms with Crippen molar-refractivity contribution in [3.8, 4) is 17.2 Å². The summed E-state index contributed by atoms with van der Waals surface area (Å²) in [5.74, 6) is 1.45. The zero-order valence-electron chi connectivity index (χ0n) is 30.1. The molecule has 5 nitrogen and oxygen atoms in total. The smallest absolute Gasteiger partial charge is 0.144 e. The Morgan fingerprint density at radius 3 is 1.70 bits per heavy atom. The van der Waals surface area contributed by atoms with Crippen LogP contribution in [0.5, 0.6) is 17.2 Å². The van der Waals surface area contributed by atoms with Crippen molar-refractivity contribution in [3.63, 3.8) is 0 Å². The van der Waals surface area contributed by atoms with E-state index < -0.39 is 11.6 Å². The Morgan fingerprint density at radius 1 is 0.745 bits per heavy atom. The number of rotatable bonds is 10. The van der Waals surface area contributed by atoms with Crippen molar-refractivity contribution >= 4 is 6.21 Å². The van der Waals surface area contributed by atoms with Crippen LogP contribution in [0.2, 0.25) is 0 Å². The maximum atomic E-state index is 13.7. The predicted molar refractivity (Wildman–Crippen MR) is 195 cm³/mol. The van der Waals surface area contributed by atoms with E-state index in [0.717, 1.165) is 27.8 Å². The molecule has 47 heavy (non-hydrogen) atoms. The van der Waals surface area contributed by atoms with Gasteiger partial charge in [0.05, 0.1) is 20.3 Å². The summed E-state index contributed by atoms with van der Waals surface area (Å²) in [5, 5.41) is 25.1. The molecule has 2 N–H and O–H groups in total. The average Bonchev–Trinajstić information content (AvgIpc) is 3.02. The first-order chi connectivity index (χ1) is 22.0. The predicted octanol–water partition coefficient (Wildman–Crippen LogP) is 9.40. The number of aryl methyl sites for hydroxylation is 1. The van der Waals surface area contributed by atoms with Gasteiger partial charge in [0, 0.05) is 28.5 Å². The van der Waals surface area contributed by atoms with E-state index in [1.54, 1.807) is 20.4 Å². The van der Waals surface area contributed by atoms with Crippen LogP contribution in [0.3, 0.4) is 0 Å². The van der Waals surface area contributed by atoms with E-state index in [1.807, 2.05) is 49.4 Å². The summed E-state index contributed by atoms with van der Waals surface area (Å²) in [6.45, 7) is 19.1. The number of hydrogen-bond acceptors (Lipinski definition) is 5. The van der Waals surface area contributed by atoms with Crippen LogP contribution >= 0.6 is 0 Å². The number of benzene rings is 4. The zero-order valence-corrected chi connectivity index (χ0v) is 30.1. The Bertz CT molecular complexity index is 1640. The molecule has 1 unspecified atom stereocenters. The van der Waals surface area contributed by atoms with Crippen LogP contribution in [0, 0.1) is 6.92 Å². The molecular weight excluding hydrogens is 582 g/mol. The molecule has 0 bridgehead atoms. The second-order valence-electron chi connectivity index (χ2n) is 15.0. The number of aliphatic imine (C=N–C) groups is 1. The van der Waals surface area contributed by atoms with Gasteiger partial charge in [0.15, 0.2) is 0 Å². The fourth-order valence-electron chi connectivity index (χ4n) is 6.32. The summed E-state index contributed by atoms with van der Waals surface area (Å²) in [6.07, 6.45) is 2.11. The minimum atomic E-state index is -1.72. The first kappa shape index (κ1) is 35.8. The number of aromatic hydroxyl groups is 1.